The van der Waals surface area contributed by atoms with Crippen molar-refractivity contribution < 1.29 is 4.79 Å². The van der Waals surface area contributed by atoms with E-state index in [1.165, 1.54) is 23.2 Å². The molecule has 1 amide bonds. The van der Waals surface area contributed by atoms with Gasteiger partial charge in [0, 0.05) is 46.6 Å². The molecular weight excluding hydrogens is 412 g/mol. The van der Waals surface area contributed by atoms with Crippen molar-refractivity contribution in [3.8, 4) is 0 Å². The Morgan fingerprint density at radius 1 is 1.00 bits per heavy atom. The number of para-hydroxylation sites is 1. The number of anilines is 1. The Labute approximate surface area is 187 Å². The molecule has 0 spiro atoms. The SMILES string of the molecule is O=C(NCCSc1ccc(Cl)cc1)c1ccc(CN2CCCc3ccccc32)cc1. The molecule has 3 aromatic rings. The minimum absolute atomic E-state index is 0.0263. The molecular formula is C25H25ClN2OS. The molecule has 0 saturated heterocycles. The van der Waals surface area contributed by atoms with Crippen LogP contribution >= 0.6 is 23.4 Å². The van der Waals surface area contributed by atoms with Crippen LogP contribution in [0.5, 0.6) is 0 Å². The van der Waals surface area contributed by atoms with Crippen molar-refractivity contribution in [1.29, 1.82) is 0 Å². The second kappa shape index (κ2) is 10.1. The van der Waals surface area contributed by atoms with Crippen molar-refractivity contribution >= 4 is 35.0 Å². The summed E-state index contributed by atoms with van der Waals surface area (Å²) in [7, 11) is 0. The summed E-state index contributed by atoms with van der Waals surface area (Å²) in [6, 6.07) is 24.4. The highest BCUT2D eigenvalue weighted by molar-refractivity contribution is 7.99. The summed E-state index contributed by atoms with van der Waals surface area (Å²) in [5, 5.41) is 3.73. The van der Waals surface area contributed by atoms with Crippen LogP contribution in [0.4, 0.5) is 5.69 Å². The first kappa shape index (κ1) is 20.8. The van der Waals surface area contributed by atoms with Crippen molar-refractivity contribution in [3.05, 3.63) is 94.5 Å². The van der Waals surface area contributed by atoms with Gasteiger partial charge in [-0.1, -0.05) is 41.9 Å². The number of halogens is 1. The van der Waals surface area contributed by atoms with Crippen molar-refractivity contribution in [2.24, 2.45) is 0 Å². The fourth-order valence-corrected chi connectivity index (χ4v) is 4.62. The van der Waals surface area contributed by atoms with Gasteiger partial charge in [-0.3, -0.25) is 4.79 Å². The van der Waals surface area contributed by atoms with E-state index in [2.05, 4.69) is 46.6 Å². The lowest BCUT2D eigenvalue weighted by atomic mass is 10.0. The average Bonchev–Trinajstić information content (AvgIpc) is 2.78. The lowest BCUT2D eigenvalue weighted by Crippen LogP contribution is -2.29. The van der Waals surface area contributed by atoms with Gasteiger partial charge in [0.05, 0.1) is 0 Å². The molecule has 1 N–H and O–H groups in total. The molecule has 1 aliphatic rings. The van der Waals surface area contributed by atoms with E-state index in [1.807, 2.05) is 36.4 Å². The summed E-state index contributed by atoms with van der Waals surface area (Å²) >= 11 is 7.61. The molecule has 30 heavy (non-hydrogen) atoms. The fourth-order valence-electron chi connectivity index (χ4n) is 3.72. The van der Waals surface area contributed by atoms with Gasteiger partial charge >= 0.3 is 0 Å². The third-order valence-corrected chi connectivity index (χ3v) is 6.53. The Kier molecular flexibility index (Phi) is 6.98. The van der Waals surface area contributed by atoms with E-state index in [0.717, 1.165) is 35.2 Å². The summed E-state index contributed by atoms with van der Waals surface area (Å²) in [4.78, 5) is 16.0. The van der Waals surface area contributed by atoms with Crippen LogP contribution in [0.15, 0.2) is 77.7 Å². The van der Waals surface area contributed by atoms with Crippen LogP contribution in [-0.2, 0) is 13.0 Å². The maximum absolute atomic E-state index is 12.4. The van der Waals surface area contributed by atoms with E-state index in [4.69, 9.17) is 11.6 Å². The number of carbonyl (C=O) groups is 1. The van der Waals surface area contributed by atoms with Gasteiger partial charge < -0.3 is 10.2 Å². The zero-order chi connectivity index (χ0) is 20.8. The van der Waals surface area contributed by atoms with Crippen molar-refractivity contribution in [1.82, 2.24) is 5.32 Å². The van der Waals surface area contributed by atoms with Gasteiger partial charge in [-0.15, -0.1) is 11.8 Å². The van der Waals surface area contributed by atoms with E-state index in [9.17, 15) is 4.79 Å². The highest BCUT2D eigenvalue weighted by Gasteiger charge is 2.16. The van der Waals surface area contributed by atoms with E-state index in [0.29, 0.717) is 12.1 Å². The number of hydrogen-bond donors (Lipinski definition) is 1. The zero-order valence-electron chi connectivity index (χ0n) is 16.8. The van der Waals surface area contributed by atoms with Crippen LogP contribution in [0.1, 0.15) is 27.9 Å². The Hall–Kier alpha value is -2.43. The van der Waals surface area contributed by atoms with Gasteiger partial charge in [0.2, 0.25) is 0 Å². The summed E-state index contributed by atoms with van der Waals surface area (Å²) < 4.78 is 0. The van der Waals surface area contributed by atoms with Crippen LogP contribution in [0.3, 0.4) is 0 Å². The quantitative estimate of drug-likeness (QED) is 0.374. The highest BCUT2D eigenvalue weighted by atomic mass is 35.5. The molecule has 3 nitrogen and oxygen atoms in total. The normalized spacial score (nSPS) is 13.0. The predicted octanol–water partition coefficient (Wildman–Crippen LogP) is 5.81. The minimum Gasteiger partial charge on any atom is -0.367 e. The first-order chi connectivity index (χ1) is 14.7. The average molecular weight is 437 g/mol. The fraction of sp³-hybridized carbons (Fsp3) is 0.240. The number of hydrogen-bond acceptors (Lipinski definition) is 3. The molecule has 0 aliphatic carbocycles. The van der Waals surface area contributed by atoms with Gasteiger partial charge in [0.15, 0.2) is 0 Å². The summed E-state index contributed by atoms with van der Waals surface area (Å²) in [5.41, 5.74) is 4.69. The molecule has 0 atom stereocenters. The monoisotopic (exact) mass is 436 g/mol. The number of benzene rings is 3. The van der Waals surface area contributed by atoms with Crippen LogP contribution in [0, 0.1) is 0 Å². The molecule has 0 saturated carbocycles. The molecule has 0 aromatic heterocycles. The van der Waals surface area contributed by atoms with Gasteiger partial charge in [0.1, 0.15) is 0 Å². The first-order valence-electron chi connectivity index (χ1n) is 10.3. The summed E-state index contributed by atoms with van der Waals surface area (Å²) in [6.45, 7) is 2.57. The third kappa shape index (κ3) is 5.38. The van der Waals surface area contributed by atoms with E-state index in [1.54, 1.807) is 11.8 Å². The molecule has 0 radical (unpaired) electrons. The molecule has 5 heteroatoms. The Balaban J connectivity index is 1.27. The zero-order valence-corrected chi connectivity index (χ0v) is 18.4. The van der Waals surface area contributed by atoms with Gasteiger partial charge in [-0.25, -0.2) is 0 Å². The van der Waals surface area contributed by atoms with Crippen LogP contribution < -0.4 is 10.2 Å². The third-order valence-electron chi connectivity index (χ3n) is 5.27. The Bertz CT molecular complexity index is 989. The van der Waals surface area contributed by atoms with Crippen LogP contribution in [0.2, 0.25) is 5.02 Å². The van der Waals surface area contributed by atoms with Crippen molar-refractivity contribution in [2.45, 2.75) is 24.3 Å². The highest BCUT2D eigenvalue weighted by Crippen LogP contribution is 2.28. The number of amides is 1. The lowest BCUT2D eigenvalue weighted by Gasteiger charge is -2.31. The maximum Gasteiger partial charge on any atom is 0.251 e. The standard InChI is InChI=1S/C25H25ClN2OS/c26-22-11-13-23(14-12-22)30-17-15-27-25(29)21-9-7-19(8-10-21)18-28-16-3-5-20-4-1-2-6-24(20)28/h1-2,4,6-14H,3,5,15-18H2,(H,27,29). The largest absolute Gasteiger partial charge is 0.367 e. The topological polar surface area (TPSA) is 32.3 Å². The van der Waals surface area contributed by atoms with Gasteiger partial charge in [-0.2, -0.15) is 0 Å². The number of nitrogens with one attached hydrogen (secondary N) is 1. The molecule has 1 heterocycles. The molecule has 154 valence electrons. The number of nitrogens with zero attached hydrogens (tertiary/aromatic N) is 1. The molecule has 3 aromatic carbocycles. The van der Waals surface area contributed by atoms with E-state index < -0.39 is 0 Å². The van der Waals surface area contributed by atoms with E-state index in [-0.39, 0.29) is 5.91 Å². The minimum atomic E-state index is -0.0263. The van der Waals surface area contributed by atoms with Gasteiger partial charge in [-0.05, 0) is 66.4 Å². The number of carbonyl (C=O) groups excluding carboxylic acids is 1. The number of rotatable bonds is 7. The number of thioether (sulfide) groups is 1. The molecule has 0 bridgehead atoms. The molecule has 1 aliphatic heterocycles. The van der Waals surface area contributed by atoms with Gasteiger partial charge in [0.25, 0.3) is 5.91 Å². The van der Waals surface area contributed by atoms with E-state index >= 15 is 0 Å². The van der Waals surface area contributed by atoms with Crippen molar-refractivity contribution in [3.63, 3.8) is 0 Å². The molecule has 4 rings (SSSR count). The molecule has 0 fully saturated rings. The van der Waals surface area contributed by atoms with Crippen molar-refractivity contribution in [2.75, 3.05) is 23.7 Å². The number of aryl methyl sites for hydroxylation is 1. The summed E-state index contributed by atoms with van der Waals surface area (Å²) in [6.07, 6.45) is 2.34. The second-order valence-corrected chi connectivity index (χ2v) is 9.01. The first-order valence-corrected chi connectivity index (χ1v) is 11.6. The van der Waals surface area contributed by atoms with Crippen LogP contribution in [-0.4, -0.2) is 24.7 Å². The molecule has 0 unspecified atom stereocenters. The number of fused-ring (bicyclic) bond motifs is 1. The Morgan fingerprint density at radius 3 is 2.57 bits per heavy atom. The maximum atomic E-state index is 12.4. The van der Waals surface area contributed by atoms with Crippen LogP contribution in [0.25, 0.3) is 0 Å². The summed E-state index contributed by atoms with van der Waals surface area (Å²) in [5.74, 6) is 0.793. The smallest absolute Gasteiger partial charge is 0.251 e. The lowest BCUT2D eigenvalue weighted by molar-refractivity contribution is 0.0956. The second-order valence-electron chi connectivity index (χ2n) is 7.41. The Morgan fingerprint density at radius 2 is 1.77 bits per heavy atom. The predicted molar refractivity (Wildman–Crippen MR) is 127 cm³/mol.